The summed E-state index contributed by atoms with van der Waals surface area (Å²) < 4.78 is 36.7. The van der Waals surface area contributed by atoms with Gasteiger partial charge in [-0.3, -0.25) is 14.5 Å². The summed E-state index contributed by atoms with van der Waals surface area (Å²) in [5.74, 6) is -1.95. The predicted molar refractivity (Wildman–Crippen MR) is 60.5 cm³/mol. The minimum atomic E-state index is -4.52. The third-order valence-corrected chi connectivity index (χ3v) is 2.85. The van der Waals surface area contributed by atoms with Gasteiger partial charge in [0.15, 0.2) is 0 Å². The van der Waals surface area contributed by atoms with Gasteiger partial charge in [-0.15, -0.1) is 0 Å². The largest absolute Gasteiger partial charge is 0.480 e. The second-order valence-corrected chi connectivity index (χ2v) is 4.70. The second-order valence-electron chi connectivity index (χ2n) is 4.70. The van der Waals surface area contributed by atoms with E-state index in [1.807, 2.05) is 0 Å². The Morgan fingerprint density at radius 1 is 1.21 bits per heavy atom. The summed E-state index contributed by atoms with van der Waals surface area (Å²) in [7, 11) is 0. The van der Waals surface area contributed by atoms with E-state index in [1.165, 1.54) is 0 Å². The SMILES string of the molecule is O=C(O)CN(CC(=O)NC1CCCC1)CC(F)(F)F. The summed E-state index contributed by atoms with van der Waals surface area (Å²) in [5, 5.41) is 11.2. The highest BCUT2D eigenvalue weighted by atomic mass is 19.4. The van der Waals surface area contributed by atoms with Crippen molar-refractivity contribution in [2.24, 2.45) is 0 Å². The molecule has 0 aromatic rings. The molecule has 5 nitrogen and oxygen atoms in total. The van der Waals surface area contributed by atoms with Gasteiger partial charge in [0.25, 0.3) is 0 Å². The Bertz CT molecular complexity index is 328. The van der Waals surface area contributed by atoms with Gasteiger partial charge in [0.1, 0.15) is 0 Å². The summed E-state index contributed by atoms with van der Waals surface area (Å²) in [6.45, 7) is -2.77. The number of halogens is 3. The van der Waals surface area contributed by atoms with Gasteiger partial charge in [-0.2, -0.15) is 13.2 Å². The molecule has 0 aliphatic heterocycles. The standard InChI is InChI=1S/C11H17F3N2O3/c12-11(13,14)7-16(6-10(18)19)5-9(17)15-8-3-1-2-4-8/h8H,1-7H2,(H,15,17)(H,18,19). The lowest BCUT2D eigenvalue weighted by atomic mass is 10.2. The number of amides is 1. The molecule has 2 N–H and O–H groups in total. The van der Waals surface area contributed by atoms with Gasteiger partial charge in [-0.1, -0.05) is 12.8 Å². The zero-order valence-corrected chi connectivity index (χ0v) is 10.4. The summed E-state index contributed by atoms with van der Waals surface area (Å²) >= 11 is 0. The van der Waals surface area contributed by atoms with Crippen molar-refractivity contribution in [3.8, 4) is 0 Å². The number of nitrogens with one attached hydrogen (secondary N) is 1. The predicted octanol–water partition coefficient (Wildman–Crippen LogP) is 0.994. The highest BCUT2D eigenvalue weighted by molar-refractivity contribution is 5.79. The van der Waals surface area contributed by atoms with Crippen molar-refractivity contribution in [3.63, 3.8) is 0 Å². The van der Waals surface area contributed by atoms with Crippen molar-refractivity contribution >= 4 is 11.9 Å². The van der Waals surface area contributed by atoms with Gasteiger partial charge in [-0.05, 0) is 12.8 Å². The number of aliphatic carboxylic acids is 1. The number of carboxylic acid groups (broad SMARTS) is 1. The Balaban J connectivity index is 2.45. The molecule has 8 heteroatoms. The summed E-state index contributed by atoms with van der Waals surface area (Å²) in [4.78, 5) is 22.6. The second kappa shape index (κ2) is 6.74. The summed E-state index contributed by atoms with van der Waals surface area (Å²) in [6.07, 6.45) is -0.893. The van der Waals surface area contributed by atoms with Crippen LogP contribution in [0, 0.1) is 0 Å². The van der Waals surface area contributed by atoms with Gasteiger partial charge < -0.3 is 10.4 Å². The maximum Gasteiger partial charge on any atom is 0.401 e. The van der Waals surface area contributed by atoms with Crippen molar-refractivity contribution in [1.82, 2.24) is 10.2 Å². The summed E-state index contributed by atoms with van der Waals surface area (Å²) in [5.41, 5.74) is 0. The fourth-order valence-electron chi connectivity index (χ4n) is 2.16. The average Bonchev–Trinajstić information content (AvgIpc) is 2.65. The Hall–Kier alpha value is -1.31. The molecule has 0 aromatic carbocycles. The third-order valence-electron chi connectivity index (χ3n) is 2.85. The first-order valence-electron chi connectivity index (χ1n) is 6.06. The summed E-state index contributed by atoms with van der Waals surface area (Å²) in [6, 6.07) is 0.00469. The molecular weight excluding hydrogens is 265 g/mol. The Labute approximate surface area is 108 Å². The lowest BCUT2D eigenvalue weighted by Gasteiger charge is -2.22. The van der Waals surface area contributed by atoms with Gasteiger partial charge in [0.2, 0.25) is 5.91 Å². The first kappa shape index (κ1) is 15.7. The Morgan fingerprint density at radius 3 is 2.26 bits per heavy atom. The molecule has 0 unspecified atom stereocenters. The molecule has 0 atom stereocenters. The molecule has 19 heavy (non-hydrogen) atoms. The van der Waals surface area contributed by atoms with E-state index in [-0.39, 0.29) is 6.04 Å². The van der Waals surface area contributed by atoms with Gasteiger partial charge >= 0.3 is 12.1 Å². The average molecular weight is 282 g/mol. The lowest BCUT2D eigenvalue weighted by Crippen LogP contribution is -2.46. The first-order chi connectivity index (χ1) is 8.76. The maximum atomic E-state index is 12.2. The zero-order chi connectivity index (χ0) is 14.5. The number of hydrogen-bond acceptors (Lipinski definition) is 3. The van der Waals surface area contributed by atoms with Crippen LogP contribution in [0.1, 0.15) is 25.7 Å². The molecule has 0 radical (unpaired) electrons. The molecule has 1 rings (SSSR count). The monoisotopic (exact) mass is 282 g/mol. The topological polar surface area (TPSA) is 69.6 Å². The van der Waals surface area contributed by atoms with E-state index >= 15 is 0 Å². The fourth-order valence-corrected chi connectivity index (χ4v) is 2.16. The third kappa shape index (κ3) is 7.00. The van der Waals surface area contributed by atoms with Gasteiger partial charge in [0, 0.05) is 6.04 Å². The minimum Gasteiger partial charge on any atom is -0.480 e. The number of nitrogens with zero attached hydrogens (tertiary/aromatic N) is 1. The zero-order valence-electron chi connectivity index (χ0n) is 10.4. The van der Waals surface area contributed by atoms with Crippen LogP contribution >= 0.6 is 0 Å². The fraction of sp³-hybridized carbons (Fsp3) is 0.818. The van der Waals surface area contributed by atoms with Gasteiger partial charge in [0.05, 0.1) is 19.6 Å². The van der Waals surface area contributed by atoms with Crippen LogP contribution in [-0.2, 0) is 9.59 Å². The van der Waals surface area contributed by atoms with Crippen molar-refractivity contribution in [1.29, 1.82) is 0 Å². The van der Waals surface area contributed by atoms with E-state index in [9.17, 15) is 22.8 Å². The quantitative estimate of drug-likeness (QED) is 0.762. The molecule has 0 heterocycles. The number of carbonyl (C=O) groups is 2. The molecular formula is C11H17F3N2O3. The Morgan fingerprint density at radius 2 is 1.79 bits per heavy atom. The first-order valence-corrected chi connectivity index (χ1v) is 6.06. The highest BCUT2D eigenvalue weighted by Gasteiger charge is 2.32. The molecule has 1 saturated carbocycles. The molecule has 1 amide bonds. The molecule has 0 bridgehead atoms. The van der Waals surface area contributed by atoms with Crippen molar-refractivity contribution in [2.45, 2.75) is 37.9 Å². The molecule has 110 valence electrons. The van der Waals surface area contributed by atoms with E-state index in [2.05, 4.69) is 5.32 Å². The van der Waals surface area contributed by atoms with Crippen LogP contribution < -0.4 is 5.32 Å². The Kier molecular flexibility index (Phi) is 5.59. The van der Waals surface area contributed by atoms with Crippen molar-refractivity contribution in [3.05, 3.63) is 0 Å². The van der Waals surface area contributed by atoms with Crippen molar-refractivity contribution < 1.29 is 27.9 Å². The number of alkyl halides is 3. The van der Waals surface area contributed by atoms with Crippen molar-refractivity contribution in [2.75, 3.05) is 19.6 Å². The lowest BCUT2D eigenvalue weighted by molar-refractivity contribution is -0.155. The number of carboxylic acids is 1. The van der Waals surface area contributed by atoms with E-state index in [0.717, 1.165) is 25.7 Å². The molecule has 0 spiro atoms. The highest BCUT2D eigenvalue weighted by Crippen LogP contribution is 2.18. The van der Waals surface area contributed by atoms with E-state index in [1.54, 1.807) is 0 Å². The van der Waals surface area contributed by atoms with E-state index < -0.39 is 37.7 Å². The number of hydrogen-bond donors (Lipinski definition) is 2. The molecule has 1 fully saturated rings. The van der Waals surface area contributed by atoms with Crippen LogP contribution in [-0.4, -0.2) is 53.7 Å². The molecule has 1 aliphatic rings. The van der Waals surface area contributed by atoms with Crippen LogP contribution in [0.4, 0.5) is 13.2 Å². The van der Waals surface area contributed by atoms with E-state index in [0.29, 0.717) is 4.90 Å². The van der Waals surface area contributed by atoms with Crippen LogP contribution in [0.15, 0.2) is 0 Å². The van der Waals surface area contributed by atoms with Crippen LogP contribution in [0.5, 0.6) is 0 Å². The molecule has 0 saturated heterocycles. The molecule has 0 aromatic heterocycles. The van der Waals surface area contributed by atoms with Crippen LogP contribution in [0.25, 0.3) is 0 Å². The smallest absolute Gasteiger partial charge is 0.401 e. The number of carbonyl (C=O) groups excluding carboxylic acids is 1. The van der Waals surface area contributed by atoms with Crippen LogP contribution in [0.3, 0.4) is 0 Å². The van der Waals surface area contributed by atoms with Gasteiger partial charge in [-0.25, -0.2) is 0 Å². The number of rotatable bonds is 6. The van der Waals surface area contributed by atoms with E-state index in [4.69, 9.17) is 5.11 Å². The van der Waals surface area contributed by atoms with Crippen LogP contribution in [0.2, 0.25) is 0 Å². The minimum absolute atomic E-state index is 0.00469. The molecule has 1 aliphatic carbocycles. The maximum absolute atomic E-state index is 12.2. The normalized spacial score (nSPS) is 16.8.